The fourth-order valence-corrected chi connectivity index (χ4v) is 3.03. The second kappa shape index (κ2) is 8.86. The van der Waals surface area contributed by atoms with E-state index in [0.717, 1.165) is 41.0 Å². The molecule has 0 aliphatic carbocycles. The van der Waals surface area contributed by atoms with Gasteiger partial charge in [-0.1, -0.05) is 66.8 Å². The summed E-state index contributed by atoms with van der Waals surface area (Å²) in [5.74, 6) is 0.765. The van der Waals surface area contributed by atoms with Crippen LogP contribution in [0.2, 0.25) is 0 Å². The van der Waals surface area contributed by atoms with Gasteiger partial charge in [-0.2, -0.15) is 0 Å². The lowest BCUT2D eigenvalue weighted by Crippen LogP contribution is -2.06. The van der Waals surface area contributed by atoms with E-state index in [4.69, 9.17) is 10.7 Å². The summed E-state index contributed by atoms with van der Waals surface area (Å²) in [6.45, 7) is 5.75. The Bertz CT molecular complexity index is 1000. The Kier molecular flexibility index (Phi) is 6.06. The van der Waals surface area contributed by atoms with E-state index in [1.165, 1.54) is 0 Å². The number of nitrogens with two attached hydrogens (primary N) is 1. The molecule has 2 N–H and O–H groups in total. The van der Waals surface area contributed by atoms with Crippen molar-refractivity contribution in [3.63, 3.8) is 0 Å². The average molecular weight is 355 g/mol. The van der Waals surface area contributed by atoms with E-state index >= 15 is 0 Å². The molecular formula is C24H25N3. The van der Waals surface area contributed by atoms with Crippen molar-refractivity contribution in [3.05, 3.63) is 103 Å². The summed E-state index contributed by atoms with van der Waals surface area (Å²) < 4.78 is 2.11. The SMILES string of the molecule is C=C/C=C\CC/C=C(C)\C=C(/N)c1nc2ccccc2n1-c1ccccc1. The molecular weight excluding hydrogens is 330 g/mol. The van der Waals surface area contributed by atoms with E-state index in [2.05, 4.69) is 48.4 Å². The topological polar surface area (TPSA) is 43.8 Å². The zero-order valence-corrected chi connectivity index (χ0v) is 15.7. The molecule has 3 rings (SSSR count). The first kappa shape index (κ1) is 18.5. The van der Waals surface area contributed by atoms with Crippen molar-refractivity contribution in [2.75, 3.05) is 0 Å². The average Bonchev–Trinajstić information content (AvgIpc) is 3.08. The highest BCUT2D eigenvalue weighted by Gasteiger charge is 2.13. The zero-order chi connectivity index (χ0) is 19.1. The van der Waals surface area contributed by atoms with Gasteiger partial charge in [0.15, 0.2) is 5.82 Å². The third-order valence-corrected chi connectivity index (χ3v) is 4.29. The first-order chi connectivity index (χ1) is 13.2. The number of para-hydroxylation sites is 3. The minimum atomic E-state index is 0.658. The van der Waals surface area contributed by atoms with Crippen LogP contribution in [-0.2, 0) is 0 Å². The summed E-state index contributed by atoms with van der Waals surface area (Å²) in [5.41, 5.74) is 11.3. The van der Waals surface area contributed by atoms with Crippen LogP contribution in [0.25, 0.3) is 22.4 Å². The van der Waals surface area contributed by atoms with E-state index in [-0.39, 0.29) is 0 Å². The Balaban J connectivity index is 1.97. The highest BCUT2D eigenvalue weighted by atomic mass is 15.1. The van der Waals surface area contributed by atoms with Gasteiger partial charge in [0.2, 0.25) is 0 Å². The fraction of sp³-hybridized carbons (Fsp3) is 0.125. The number of unbranched alkanes of at least 4 members (excludes halogenated alkanes) is 1. The molecule has 0 saturated heterocycles. The molecule has 0 radical (unpaired) electrons. The quantitative estimate of drug-likeness (QED) is 0.430. The molecule has 3 heteroatoms. The minimum Gasteiger partial charge on any atom is -0.396 e. The van der Waals surface area contributed by atoms with Gasteiger partial charge in [0.1, 0.15) is 0 Å². The summed E-state index contributed by atoms with van der Waals surface area (Å²) in [5, 5.41) is 0. The van der Waals surface area contributed by atoms with Gasteiger partial charge in [0.25, 0.3) is 0 Å². The Morgan fingerprint density at radius 2 is 1.81 bits per heavy atom. The highest BCUT2D eigenvalue weighted by molar-refractivity contribution is 5.82. The van der Waals surface area contributed by atoms with Crippen molar-refractivity contribution in [2.24, 2.45) is 5.73 Å². The van der Waals surface area contributed by atoms with E-state index < -0.39 is 0 Å². The van der Waals surface area contributed by atoms with Gasteiger partial charge in [-0.05, 0) is 50.1 Å². The predicted molar refractivity (Wildman–Crippen MR) is 116 cm³/mol. The lowest BCUT2D eigenvalue weighted by atomic mass is 10.1. The monoisotopic (exact) mass is 355 g/mol. The number of fused-ring (bicyclic) bond motifs is 1. The van der Waals surface area contributed by atoms with Crippen molar-refractivity contribution in [3.8, 4) is 5.69 Å². The van der Waals surface area contributed by atoms with Crippen LogP contribution in [-0.4, -0.2) is 9.55 Å². The van der Waals surface area contributed by atoms with Crippen LogP contribution >= 0.6 is 0 Å². The molecule has 2 aromatic carbocycles. The molecule has 1 aromatic heterocycles. The number of benzene rings is 2. The summed E-state index contributed by atoms with van der Waals surface area (Å²) in [6.07, 6.45) is 12.0. The van der Waals surface area contributed by atoms with E-state index in [1.807, 2.05) is 48.6 Å². The molecule has 3 aromatic rings. The molecule has 0 fully saturated rings. The Morgan fingerprint density at radius 3 is 2.59 bits per heavy atom. The molecule has 3 nitrogen and oxygen atoms in total. The van der Waals surface area contributed by atoms with Crippen molar-refractivity contribution in [1.29, 1.82) is 0 Å². The fourth-order valence-electron chi connectivity index (χ4n) is 3.03. The second-order valence-corrected chi connectivity index (χ2v) is 6.38. The number of rotatable bonds is 7. The molecule has 0 saturated carbocycles. The second-order valence-electron chi connectivity index (χ2n) is 6.38. The molecule has 0 spiro atoms. The van der Waals surface area contributed by atoms with Gasteiger partial charge in [0, 0.05) is 5.69 Å². The van der Waals surface area contributed by atoms with Gasteiger partial charge < -0.3 is 5.73 Å². The van der Waals surface area contributed by atoms with Crippen LogP contribution in [0.4, 0.5) is 0 Å². The first-order valence-corrected chi connectivity index (χ1v) is 9.15. The van der Waals surface area contributed by atoms with Crippen LogP contribution < -0.4 is 5.73 Å². The van der Waals surface area contributed by atoms with E-state index in [1.54, 1.807) is 6.08 Å². The van der Waals surface area contributed by atoms with Crippen molar-refractivity contribution < 1.29 is 0 Å². The molecule has 0 unspecified atom stereocenters. The third-order valence-electron chi connectivity index (χ3n) is 4.29. The number of imidazole rings is 1. The maximum Gasteiger partial charge on any atom is 0.161 e. The maximum atomic E-state index is 6.46. The molecule has 136 valence electrons. The molecule has 0 amide bonds. The first-order valence-electron chi connectivity index (χ1n) is 9.15. The van der Waals surface area contributed by atoms with E-state index in [9.17, 15) is 0 Å². The minimum absolute atomic E-state index is 0.658. The lowest BCUT2D eigenvalue weighted by molar-refractivity contribution is 1.03. The molecule has 0 aliphatic rings. The number of aromatic nitrogens is 2. The zero-order valence-electron chi connectivity index (χ0n) is 15.7. The van der Waals surface area contributed by atoms with Crippen molar-refractivity contribution >= 4 is 16.7 Å². The molecule has 0 bridgehead atoms. The Morgan fingerprint density at radius 1 is 1.07 bits per heavy atom. The van der Waals surface area contributed by atoms with Crippen molar-refractivity contribution in [1.82, 2.24) is 9.55 Å². The van der Waals surface area contributed by atoms with Gasteiger partial charge in [-0.25, -0.2) is 4.98 Å². The molecule has 0 aliphatic heterocycles. The normalized spacial score (nSPS) is 12.8. The third kappa shape index (κ3) is 4.45. The summed E-state index contributed by atoms with van der Waals surface area (Å²) in [6, 6.07) is 18.3. The molecule has 27 heavy (non-hydrogen) atoms. The highest BCUT2D eigenvalue weighted by Crippen LogP contribution is 2.24. The van der Waals surface area contributed by atoms with Gasteiger partial charge in [-0.15, -0.1) is 0 Å². The summed E-state index contributed by atoms with van der Waals surface area (Å²) in [4.78, 5) is 4.78. The van der Waals surface area contributed by atoms with Crippen LogP contribution in [0.15, 0.2) is 97.1 Å². The molecule has 1 heterocycles. The maximum absolute atomic E-state index is 6.46. The summed E-state index contributed by atoms with van der Waals surface area (Å²) in [7, 11) is 0. The van der Waals surface area contributed by atoms with Crippen LogP contribution in [0.1, 0.15) is 25.6 Å². The van der Waals surface area contributed by atoms with Crippen LogP contribution in [0.3, 0.4) is 0 Å². The van der Waals surface area contributed by atoms with Gasteiger partial charge in [-0.3, -0.25) is 4.57 Å². The summed E-state index contributed by atoms with van der Waals surface area (Å²) >= 11 is 0. The smallest absolute Gasteiger partial charge is 0.161 e. The lowest BCUT2D eigenvalue weighted by Gasteiger charge is -2.09. The van der Waals surface area contributed by atoms with Crippen LogP contribution in [0.5, 0.6) is 0 Å². The largest absolute Gasteiger partial charge is 0.396 e. The Hall–Kier alpha value is -3.33. The van der Waals surface area contributed by atoms with Gasteiger partial charge in [0.05, 0.1) is 16.7 Å². The van der Waals surface area contributed by atoms with Crippen LogP contribution in [0, 0.1) is 0 Å². The number of hydrogen-bond donors (Lipinski definition) is 1. The predicted octanol–water partition coefficient (Wildman–Crippen LogP) is 5.79. The number of hydrogen-bond acceptors (Lipinski definition) is 2. The van der Waals surface area contributed by atoms with Gasteiger partial charge >= 0.3 is 0 Å². The van der Waals surface area contributed by atoms with E-state index in [0.29, 0.717) is 5.70 Å². The van der Waals surface area contributed by atoms with Crippen molar-refractivity contribution in [2.45, 2.75) is 19.8 Å². The molecule has 0 atom stereocenters. The Labute approximate surface area is 160 Å². The number of nitrogens with zero attached hydrogens (tertiary/aromatic N) is 2. The standard InChI is InChI=1S/C24H25N3/c1-3-4-5-6-8-13-19(2)18-21(25)24-26-22-16-11-12-17-23(22)27(24)20-14-9-7-10-15-20/h3-5,7,9-18H,1,6,8,25H2,2H3/b5-4-,19-13-,21-18-. The number of allylic oxidation sites excluding steroid dienone is 6.